The summed E-state index contributed by atoms with van der Waals surface area (Å²) in [5, 5.41) is 0. The Balaban J connectivity index is 0.931. The van der Waals surface area contributed by atoms with Crippen molar-refractivity contribution < 1.29 is 102 Å². The maximum absolute atomic E-state index is 16.7. The van der Waals surface area contributed by atoms with Gasteiger partial charge in [0.05, 0.1) is 86.0 Å². The fraction of sp³-hybridized carbons (Fsp3) is 0.300. The van der Waals surface area contributed by atoms with Gasteiger partial charge in [0.2, 0.25) is 24.1 Å². The molecule has 6 atom stereocenters. The van der Waals surface area contributed by atoms with E-state index in [1.54, 1.807) is 60.0 Å². The molecule has 0 saturated carbocycles. The van der Waals surface area contributed by atoms with E-state index in [0.717, 1.165) is 59.9 Å². The quantitative estimate of drug-likeness (QED) is 0.0318. The molecule has 574 valence electrons. The molecule has 0 amide bonds. The number of fused-ring (bicyclic) bond motifs is 2. The van der Waals surface area contributed by atoms with Crippen molar-refractivity contribution in [1.82, 2.24) is 9.80 Å². The molecule has 0 aliphatic carbocycles. The van der Waals surface area contributed by atoms with E-state index in [9.17, 15) is 9.59 Å². The number of piperazine rings is 2. The molecule has 22 nitrogen and oxygen atoms in total. The van der Waals surface area contributed by atoms with Crippen LogP contribution in [0, 0.1) is 37.3 Å². The zero-order valence-corrected chi connectivity index (χ0v) is 60.6. The molecule has 0 bridgehead atoms. The standard InChI is InChI=1S/C80H74F8N8O14/c1-45-21-25-49(26-22-45)73(99)107-69(75(101)109-71(97)47(3)67-57-17-11-19-59(81)65(57)89-77(95(67)61-41-51(79(83,84)85)29-31-63(61)105-7)93-37-33-91(34-38-93)53-13-9-15-55(43-53)103-5)70(108-74(100)50-27-23-46(2)24-28-50)76(102)110-72(98)48(4)68-58-18-12-20-60(82)66(58)90-78(96(68)62-42-52(80(86,87)88)30-32-64(62)106-8)94-39-35-92(36-40-94)54-14-10-16-56(44-54)104-6/h9-32,41-44,47-48,67-70H,33-40H2,1-8H3/t47-,48-,67?,68?,69-,70-/m0/s1. The van der Waals surface area contributed by atoms with Crippen LogP contribution in [0.2, 0.25) is 0 Å². The van der Waals surface area contributed by atoms with Crippen molar-refractivity contribution in [2.24, 2.45) is 21.8 Å². The number of guanidine groups is 2. The summed E-state index contributed by atoms with van der Waals surface area (Å²) in [7, 11) is 5.37. The monoisotopic (exact) mass is 1520 g/mol. The smallest absolute Gasteiger partial charge is 0.416 e. The van der Waals surface area contributed by atoms with Gasteiger partial charge in [0, 0.05) is 87.0 Å². The minimum Gasteiger partial charge on any atom is -0.497 e. The zero-order chi connectivity index (χ0) is 78.6. The van der Waals surface area contributed by atoms with Crippen molar-refractivity contribution in [1.29, 1.82) is 0 Å². The highest BCUT2D eigenvalue weighted by molar-refractivity contribution is 6.06. The number of ether oxygens (including phenoxy) is 8. The van der Waals surface area contributed by atoms with Crippen molar-refractivity contribution in [3.63, 3.8) is 0 Å². The van der Waals surface area contributed by atoms with E-state index in [-0.39, 0.29) is 121 Å². The predicted octanol–water partition coefficient (Wildman–Crippen LogP) is 14.0. The molecule has 2 saturated heterocycles. The number of hydrogen-bond donors (Lipinski definition) is 0. The van der Waals surface area contributed by atoms with Crippen molar-refractivity contribution in [2.75, 3.05) is 100 Å². The fourth-order valence-corrected chi connectivity index (χ4v) is 13.6. The summed E-state index contributed by atoms with van der Waals surface area (Å²) in [6.45, 7) is 7.11. The Labute approximate surface area is 626 Å². The van der Waals surface area contributed by atoms with Crippen LogP contribution in [0.5, 0.6) is 23.0 Å². The van der Waals surface area contributed by atoms with Crippen molar-refractivity contribution in [3.05, 3.63) is 226 Å². The van der Waals surface area contributed by atoms with E-state index in [1.807, 2.05) is 21.9 Å². The lowest BCUT2D eigenvalue weighted by atomic mass is 9.89. The number of carbonyl (C=O) groups excluding carboxylic acids is 6. The Morgan fingerprint density at radius 3 is 1.10 bits per heavy atom. The Hall–Kier alpha value is -12.2. The third-order valence-electron chi connectivity index (χ3n) is 19.5. The van der Waals surface area contributed by atoms with Crippen molar-refractivity contribution >= 4 is 81.9 Å². The lowest BCUT2D eigenvalue weighted by Gasteiger charge is -2.46. The predicted molar refractivity (Wildman–Crippen MR) is 388 cm³/mol. The highest BCUT2D eigenvalue weighted by Gasteiger charge is 2.51. The van der Waals surface area contributed by atoms with E-state index in [4.69, 9.17) is 47.9 Å². The second-order valence-electron chi connectivity index (χ2n) is 26.4. The van der Waals surface area contributed by atoms with Gasteiger partial charge in [-0.1, -0.05) is 71.8 Å². The van der Waals surface area contributed by atoms with Gasteiger partial charge in [-0.05, 0) is 125 Å². The molecule has 30 heteroatoms. The van der Waals surface area contributed by atoms with Gasteiger partial charge < -0.3 is 67.3 Å². The maximum atomic E-state index is 16.7. The SMILES string of the molecule is COc1cccc(N2CCN(C3=Nc4c(F)cccc4C([C@H](C)C(=O)OC(=O)[C@@H](OC(=O)c4ccc(C)cc4)[C@H](OC(=O)c4ccc(C)cc4)C(=O)OC(=O)[C@@H](C)C4c5cccc(F)c5N=C(N5CCN(c6cccc(OC)c6)CC5)N4c4cc(C(F)(F)F)ccc4OC)N3c3cc(C(F)(F)F)ccc3OC)CC2)c1. The summed E-state index contributed by atoms with van der Waals surface area (Å²) < 4.78 is 169. The Morgan fingerprint density at radius 1 is 0.418 bits per heavy atom. The normalized spacial score (nSPS) is 16.9. The van der Waals surface area contributed by atoms with Crippen LogP contribution in [-0.4, -0.2) is 151 Å². The van der Waals surface area contributed by atoms with Crippen molar-refractivity contribution in [2.45, 2.75) is 64.3 Å². The lowest BCUT2D eigenvalue weighted by molar-refractivity contribution is -0.183. The van der Waals surface area contributed by atoms with E-state index in [0.29, 0.717) is 22.6 Å². The van der Waals surface area contributed by atoms with Crippen LogP contribution in [-0.2, 0) is 50.5 Å². The summed E-state index contributed by atoms with van der Waals surface area (Å²) in [5.41, 5.74) is -1.87. The number of rotatable bonds is 19. The average molecular weight is 1520 g/mol. The number of carbonyl (C=O) groups is 6. The van der Waals surface area contributed by atoms with E-state index < -0.39 is 107 Å². The first-order valence-corrected chi connectivity index (χ1v) is 34.7. The van der Waals surface area contributed by atoms with Crippen LogP contribution < -0.4 is 38.5 Å². The highest BCUT2D eigenvalue weighted by Crippen LogP contribution is 2.51. The maximum Gasteiger partial charge on any atom is 0.416 e. The molecule has 8 aromatic carbocycles. The largest absolute Gasteiger partial charge is 0.497 e. The molecule has 4 heterocycles. The fourth-order valence-electron chi connectivity index (χ4n) is 13.6. The number of esters is 6. The van der Waals surface area contributed by atoms with Crippen molar-refractivity contribution in [3.8, 4) is 23.0 Å². The van der Waals surface area contributed by atoms with Crippen LogP contribution in [0.1, 0.15) is 80.0 Å². The van der Waals surface area contributed by atoms with Crippen LogP contribution in [0.25, 0.3) is 0 Å². The minimum atomic E-state index is -4.99. The summed E-state index contributed by atoms with van der Waals surface area (Å²) in [6, 6.07) is 34.3. The van der Waals surface area contributed by atoms with Crippen LogP contribution in [0.15, 0.2) is 180 Å². The van der Waals surface area contributed by atoms with Gasteiger partial charge >= 0.3 is 48.2 Å². The van der Waals surface area contributed by atoms with Gasteiger partial charge in [-0.2, -0.15) is 26.3 Å². The van der Waals surface area contributed by atoms with Gasteiger partial charge in [-0.3, -0.25) is 9.59 Å². The Bertz CT molecular complexity index is 4570. The lowest BCUT2D eigenvalue weighted by Crippen LogP contribution is -2.56. The number of benzene rings is 8. The van der Waals surface area contributed by atoms with E-state index in [2.05, 4.69) is 0 Å². The van der Waals surface area contributed by atoms with Gasteiger partial charge in [-0.25, -0.2) is 37.9 Å². The van der Waals surface area contributed by atoms with Crippen LogP contribution >= 0.6 is 0 Å². The molecule has 0 N–H and O–H groups in total. The number of anilines is 4. The number of halogens is 8. The molecule has 0 aromatic heterocycles. The average Bonchev–Trinajstić information content (AvgIpc) is 0.740. The molecule has 110 heavy (non-hydrogen) atoms. The molecule has 4 aliphatic rings. The van der Waals surface area contributed by atoms with Gasteiger partial charge in [-0.15, -0.1) is 0 Å². The van der Waals surface area contributed by atoms with Gasteiger partial charge in [0.25, 0.3) is 0 Å². The number of para-hydroxylation sites is 2. The van der Waals surface area contributed by atoms with E-state index >= 15 is 54.3 Å². The third-order valence-corrected chi connectivity index (χ3v) is 19.5. The summed E-state index contributed by atoms with van der Waals surface area (Å²) >= 11 is 0. The molecule has 8 aromatic rings. The highest BCUT2D eigenvalue weighted by atomic mass is 19.4. The second-order valence-corrected chi connectivity index (χ2v) is 26.4. The molecular formula is C80H74F8N8O14. The molecule has 0 radical (unpaired) electrons. The number of hydrogen-bond acceptors (Lipinski definition) is 22. The number of methoxy groups -OCH3 is 4. The summed E-state index contributed by atoms with van der Waals surface area (Å²) in [4.78, 5) is 111. The van der Waals surface area contributed by atoms with Gasteiger partial charge in [0.15, 0.2) is 0 Å². The van der Waals surface area contributed by atoms with Gasteiger partial charge in [0.1, 0.15) is 46.0 Å². The second kappa shape index (κ2) is 32.3. The zero-order valence-electron chi connectivity index (χ0n) is 60.6. The molecule has 0 spiro atoms. The summed E-state index contributed by atoms with van der Waals surface area (Å²) in [6.07, 6.45) is -15.9. The molecular weight excluding hydrogens is 1450 g/mol. The molecule has 2 unspecified atom stereocenters. The molecule has 4 aliphatic heterocycles. The minimum absolute atomic E-state index is 0.0877. The molecule has 2 fully saturated rings. The Kier molecular flexibility index (Phi) is 22.7. The first-order valence-electron chi connectivity index (χ1n) is 34.7. The number of alkyl halides is 6. The topological polar surface area (TPSA) is 220 Å². The number of aliphatic imine (C=N–C) groups is 2. The third kappa shape index (κ3) is 16.3. The first-order chi connectivity index (χ1) is 52.6. The van der Waals surface area contributed by atoms with Crippen LogP contribution in [0.4, 0.5) is 69.2 Å². The van der Waals surface area contributed by atoms with E-state index in [1.165, 1.54) is 125 Å². The van der Waals surface area contributed by atoms with Crippen LogP contribution in [0.3, 0.4) is 0 Å². The molecule has 12 rings (SSSR count). The first kappa shape index (κ1) is 77.4. The summed E-state index contributed by atoms with van der Waals surface area (Å²) in [5.74, 6) is -15.2. The number of nitrogens with zero attached hydrogens (tertiary/aromatic N) is 8. The Morgan fingerprint density at radius 2 is 0.764 bits per heavy atom. The number of aryl methyl sites for hydroxylation is 2.